The first kappa shape index (κ1) is 21.4. The lowest BCUT2D eigenvalue weighted by atomic mass is 10.0. The SMILES string of the molecule is Cc1cccc(C)c1N1C(=O)N(CC(=O)N2CCCC[C@H]2C)c2ccccc2S1(=O)=O. The first-order chi connectivity index (χ1) is 14.7. The van der Waals surface area contributed by atoms with Crippen molar-refractivity contribution in [3.05, 3.63) is 53.6 Å². The number of benzene rings is 2. The molecule has 4 rings (SSSR count). The van der Waals surface area contributed by atoms with Crippen LogP contribution in [0.4, 0.5) is 16.2 Å². The van der Waals surface area contributed by atoms with Gasteiger partial charge in [-0.2, -0.15) is 4.31 Å². The molecule has 8 heteroatoms. The van der Waals surface area contributed by atoms with E-state index in [1.54, 1.807) is 49.1 Å². The van der Waals surface area contributed by atoms with Crippen LogP contribution in [0.25, 0.3) is 0 Å². The van der Waals surface area contributed by atoms with E-state index < -0.39 is 16.1 Å². The average molecular weight is 442 g/mol. The third kappa shape index (κ3) is 3.59. The molecule has 0 saturated carbocycles. The summed E-state index contributed by atoms with van der Waals surface area (Å²) in [4.78, 5) is 29.9. The third-order valence-electron chi connectivity index (χ3n) is 6.14. The molecular formula is C23H27N3O4S. The van der Waals surface area contributed by atoms with Crippen molar-refractivity contribution >= 4 is 33.3 Å². The summed E-state index contributed by atoms with van der Waals surface area (Å²) in [5.74, 6) is -0.170. The number of carbonyl (C=O) groups excluding carboxylic acids is 2. The highest BCUT2D eigenvalue weighted by atomic mass is 32.2. The van der Waals surface area contributed by atoms with Gasteiger partial charge >= 0.3 is 6.03 Å². The van der Waals surface area contributed by atoms with Crippen LogP contribution in [0.15, 0.2) is 47.4 Å². The van der Waals surface area contributed by atoms with Gasteiger partial charge < -0.3 is 4.90 Å². The van der Waals surface area contributed by atoms with E-state index in [0.717, 1.165) is 23.6 Å². The van der Waals surface area contributed by atoms with Gasteiger partial charge in [-0.25, -0.2) is 13.2 Å². The molecule has 0 unspecified atom stereocenters. The molecule has 7 nitrogen and oxygen atoms in total. The second kappa shape index (κ2) is 8.00. The number of hydrogen-bond donors (Lipinski definition) is 0. The Labute approximate surface area is 183 Å². The molecule has 2 aliphatic heterocycles. The minimum Gasteiger partial charge on any atom is -0.338 e. The smallest absolute Gasteiger partial charge is 0.338 e. The lowest BCUT2D eigenvalue weighted by molar-refractivity contribution is -0.132. The predicted molar refractivity (Wildman–Crippen MR) is 120 cm³/mol. The lowest BCUT2D eigenvalue weighted by Crippen LogP contribution is -2.55. The van der Waals surface area contributed by atoms with Gasteiger partial charge in [0.1, 0.15) is 11.4 Å². The van der Waals surface area contributed by atoms with Crippen molar-refractivity contribution in [2.24, 2.45) is 0 Å². The van der Waals surface area contributed by atoms with E-state index in [-0.39, 0.29) is 29.1 Å². The summed E-state index contributed by atoms with van der Waals surface area (Å²) in [5, 5.41) is 0. The van der Waals surface area contributed by atoms with Gasteiger partial charge in [0.25, 0.3) is 10.0 Å². The number of anilines is 2. The number of fused-ring (bicyclic) bond motifs is 1. The van der Waals surface area contributed by atoms with Crippen molar-refractivity contribution in [2.45, 2.75) is 51.0 Å². The summed E-state index contributed by atoms with van der Waals surface area (Å²) >= 11 is 0. The first-order valence-corrected chi connectivity index (χ1v) is 12.0. The van der Waals surface area contributed by atoms with Crippen molar-refractivity contribution in [2.75, 3.05) is 22.3 Å². The van der Waals surface area contributed by atoms with Crippen LogP contribution in [0.2, 0.25) is 0 Å². The monoisotopic (exact) mass is 441 g/mol. The van der Waals surface area contributed by atoms with Crippen LogP contribution in [0.1, 0.15) is 37.3 Å². The fourth-order valence-electron chi connectivity index (χ4n) is 4.50. The summed E-state index contributed by atoms with van der Waals surface area (Å²) in [5.41, 5.74) is 1.93. The van der Waals surface area contributed by atoms with Gasteiger partial charge in [0.05, 0.1) is 11.4 Å². The molecule has 164 valence electrons. The highest BCUT2D eigenvalue weighted by molar-refractivity contribution is 7.94. The van der Waals surface area contributed by atoms with Gasteiger partial charge in [-0.05, 0) is 63.3 Å². The Balaban J connectivity index is 1.80. The number of sulfonamides is 1. The molecule has 1 saturated heterocycles. The van der Waals surface area contributed by atoms with Crippen LogP contribution >= 0.6 is 0 Å². The molecule has 3 amide bonds. The Morgan fingerprint density at radius 1 is 1.03 bits per heavy atom. The van der Waals surface area contributed by atoms with Gasteiger partial charge in [0.2, 0.25) is 5.91 Å². The third-order valence-corrected chi connectivity index (χ3v) is 7.86. The van der Waals surface area contributed by atoms with Crippen LogP contribution in [0, 0.1) is 13.8 Å². The standard InChI is InChI=1S/C23H27N3O4S/c1-16-9-8-10-17(2)22(16)26-23(28)25(15-21(27)24-14-7-6-11-18(24)3)19-12-4-5-13-20(19)31(26,29)30/h4-5,8-10,12-13,18H,6-7,11,14-15H2,1-3H3/t18-/m1/s1. The minimum absolute atomic E-state index is 0.0248. The molecule has 1 atom stereocenters. The number of aryl methyl sites for hydroxylation is 2. The minimum atomic E-state index is -4.12. The molecule has 2 aromatic rings. The van der Waals surface area contributed by atoms with Crippen molar-refractivity contribution in [3.8, 4) is 0 Å². The Kier molecular flexibility index (Phi) is 5.51. The quantitative estimate of drug-likeness (QED) is 0.725. The fourth-order valence-corrected chi connectivity index (χ4v) is 6.22. The second-order valence-corrected chi connectivity index (χ2v) is 10.0. The predicted octanol–water partition coefficient (Wildman–Crippen LogP) is 3.84. The number of hydrogen-bond acceptors (Lipinski definition) is 4. The number of para-hydroxylation sites is 2. The molecule has 2 aliphatic rings. The largest absolute Gasteiger partial charge is 0.343 e. The first-order valence-electron chi connectivity index (χ1n) is 10.5. The maximum Gasteiger partial charge on any atom is 0.343 e. The molecule has 31 heavy (non-hydrogen) atoms. The molecule has 0 radical (unpaired) electrons. The molecule has 0 bridgehead atoms. The number of piperidine rings is 1. The number of likely N-dealkylation sites (tertiary alicyclic amines) is 1. The Bertz CT molecular complexity index is 1130. The second-order valence-electron chi connectivity index (χ2n) is 8.28. The summed E-state index contributed by atoms with van der Waals surface area (Å²) in [6.45, 7) is 6.02. The maximum atomic E-state index is 13.6. The van der Waals surface area contributed by atoms with Gasteiger partial charge in [-0.15, -0.1) is 0 Å². The number of rotatable bonds is 3. The Morgan fingerprint density at radius 2 is 1.71 bits per heavy atom. The van der Waals surface area contributed by atoms with Crippen molar-refractivity contribution in [1.29, 1.82) is 0 Å². The number of carbonyl (C=O) groups is 2. The van der Waals surface area contributed by atoms with Gasteiger partial charge in [0, 0.05) is 12.6 Å². The zero-order valence-electron chi connectivity index (χ0n) is 18.0. The van der Waals surface area contributed by atoms with Gasteiger partial charge in [0.15, 0.2) is 0 Å². The van der Waals surface area contributed by atoms with Crippen LogP contribution in [0.5, 0.6) is 0 Å². The highest BCUT2D eigenvalue weighted by Crippen LogP contribution is 2.39. The maximum absolute atomic E-state index is 13.6. The topological polar surface area (TPSA) is 78.0 Å². The van der Waals surface area contributed by atoms with E-state index in [0.29, 0.717) is 23.4 Å². The number of amides is 3. The molecule has 0 aromatic heterocycles. The molecule has 2 aromatic carbocycles. The van der Waals surface area contributed by atoms with Crippen LogP contribution < -0.4 is 9.21 Å². The zero-order valence-corrected chi connectivity index (χ0v) is 18.9. The normalized spacial score (nSPS) is 20.5. The van der Waals surface area contributed by atoms with Crippen LogP contribution in [-0.2, 0) is 14.8 Å². The van der Waals surface area contributed by atoms with Crippen molar-refractivity contribution in [3.63, 3.8) is 0 Å². The van der Waals surface area contributed by atoms with E-state index in [1.165, 1.54) is 11.0 Å². The Hall–Kier alpha value is -2.87. The molecule has 0 N–H and O–H groups in total. The van der Waals surface area contributed by atoms with Crippen molar-refractivity contribution in [1.82, 2.24) is 4.90 Å². The molecule has 2 heterocycles. The van der Waals surface area contributed by atoms with Crippen LogP contribution in [-0.4, -0.2) is 44.4 Å². The van der Waals surface area contributed by atoms with Crippen LogP contribution in [0.3, 0.4) is 0 Å². The number of nitrogens with zero attached hydrogens (tertiary/aromatic N) is 3. The van der Waals surface area contributed by atoms with Crippen molar-refractivity contribution < 1.29 is 18.0 Å². The number of urea groups is 1. The van der Waals surface area contributed by atoms with E-state index in [2.05, 4.69) is 0 Å². The highest BCUT2D eigenvalue weighted by Gasteiger charge is 2.44. The average Bonchev–Trinajstić information content (AvgIpc) is 2.73. The van der Waals surface area contributed by atoms with E-state index >= 15 is 0 Å². The van der Waals surface area contributed by atoms with Gasteiger partial charge in [-0.1, -0.05) is 30.3 Å². The van der Waals surface area contributed by atoms with Gasteiger partial charge in [-0.3, -0.25) is 9.69 Å². The van der Waals surface area contributed by atoms with E-state index in [9.17, 15) is 18.0 Å². The summed E-state index contributed by atoms with van der Waals surface area (Å²) < 4.78 is 27.8. The summed E-state index contributed by atoms with van der Waals surface area (Å²) in [6, 6.07) is 11.1. The zero-order chi connectivity index (χ0) is 22.3. The Morgan fingerprint density at radius 3 is 2.39 bits per heavy atom. The summed E-state index contributed by atoms with van der Waals surface area (Å²) in [6.07, 6.45) is 2.94. The molecule has 1 fully saturated rings. The summed E-state index contributed by atoms with van der Waals surface area (Å²) in [7, 11) is -4.12. The molecule has 0 aliphatic carbocycles. The van der Waals surface area contributed by atoms with E-state index in [1.807, 2.05) is 13.0 Å². The fraction of sp³-hybridized carbons (Fsp3) is 0.391. The molecule has 0 spiro atoms. The van der Waals surface area contributed by atoms with E-state index in [4.69, 9.17) is 0 Å². The lowest BCUT2D eigenvalue weighted by Gasteiger charge is -2.39. The molecular weight excluding hydrogens is 414 g/mol.